The van der Waals surface area contributed by atoms with Crippen molar-refractivity contribution in [3.05, 3.63) is 23.9 Å². The molecule has 15 heavy (non-hydrogen) atoms. The lowest BCUT2D eigenvalue weighted by atomic mass is 10.3. The van der Waals surface area contributed by atoms with Crippen molar-refractivity contribution in [2.45, 2.75) is 0 Å². The van der Waals surface area contributed by atoms with E-state index in [0.717, 1.165) is 0 Å². The second kappa shape index (κ2) is 5.94. The first-order chi connectivity index (χ1) is 7.27. The highest BCUT2D eigenvalue weighted by atomic mass is 16.8. The minimum Gasteiger partial charge on any atom is -0.481 e. The van der Waals surface area contributed by atoms with Crippen LogP contribution in [-0.2, 0) is 9.57 Å². The summed E-state index contributed by atoms with van der Waals surface area (Å²) in [7, 11) is 3.05. The van der Waals surface area contributed by atoms with Crippen molar-refractivity contribution in [2.24, 2.45) is 0 Å². The van der Waals surface area contributed by atoms with Crippen LogP contribution in [0, 0.1) is 0 Å². The van der Waals surface area contributed by atoms with E-state index in [-0.39, 0.29) is 6.79 Å². The Balaban J connectivity index is 2.57. The van der Waals surface area contributed by atoms with Crippen LogP contribution in [0.15, 0.2) is 18.3 Å². The van der Waals surface area contributed by atoms with E-state index >= 15 is 0 Å². The summed E-state index contributed by atoms with van der Waals surface area (Å²) >= 11 is 0. The molecule has 1 N–H and O–H groups in total. The fraction of sp³-hybridized carbons (Fsp3) is 0.333. The number of nitrogens with zero attached hydrogens (tertiary/aromatic N) is 1. The number of esters is 1. The zero-order valence-electron chi connectivity index (χ0n) is 8.52. The third-order valence-corrected chi connectivity index (χ3v) is 1.57. The van der Waals surface area contributed by atoms with Gasteiger partial charge in [0.05, 0.1) is 12.7 Å². The second-order valence-electron chi connectivity index (χ2n) is 2.48. The Morgan fingerprint density at radius 1 is 1.60 bits per heavy atom. The van der Waals surface area contributed by atoms with Gasteiger partial charge in [0, 0.05) is 19.3 Å². The first-order valence-corrected chi connectivity index (χ1v) is 4.23. The molecule has 0 unspecified atom stereocenters. The Morgan fingerprint density at radius 2 is 2.40 bits per heavy atom. The van der Waals surface area contributed by atoms with E-state index in [0.29, 0.717) is 11.4 Å². The molecule has 0 amide bonds. The van der Waals surface area contributed by atoms with E-state index in [4.69, 9.17) is 9.47 Å². The molecular formula is C9H12N2O4. The maximum Gasteiger partial charge on any atom is 0.340 e. The molecule has 6 heteroatoms. The summed E-state index contributed by atoms with van der Waals surface area (Å²) in [6.07, 6.45) is 1.47. The van der Waals surface area contributed by atoms with Crippen LogP contribution in [0.3, 0.4) is 0 Å². The molecule has 0 aliphatic heterocycles. The maximum atomic E-state index is 11.4. The number of hydrogen-bond acceptors (Lipinski definition) is 6. The van der Waals surface area contributed by atoms with E-state index < -0.39 is 5.97 Å². The summed E-state index contributed by atoms with van der Waals surface area (Å²) in [5.74, 6) is -0.134. The minimum absolute atomic E-state index is 0.153. The number of aromatic nitrogens is 1. The zero-order valence-corrected chi connectivity index (χ0v) is 8.52. The van der Waals surface area contributed by atoms with Crippen molar-refractivity contribution in [3.63, 3.8) is 0 Å². The van der Waals surface area contributed by atoms with Gasteiger partial charge in [0.15, 0.2) is 0 Å². The summed E-state index contributed by atoms with van der Waals surface area (Å²) in [4.78, 5) is 19.9. The molecule has 0 spiro atoms. The van der Waals surface area contributed by atoms with E-state index in [1.165, 1.54) is 25.4 Å². The van der Waals surface area contributed by atoms with Gasteiger partial charge in [-0.15, -0.1) is 0 Å². The van der Waals surface area contributed by atoms with Gasteiger partial charge in [-0.25, -0.2) is 15.3 Å². The minimum atomic E-state index is -0.494. The second-order valence-corrected chi connectivity index (χ2v) is 2.48. The smallest absolute Gasteiger partial charge is 0.340 e. The SMILES string of the molecule is CNOCOC(=O)c1ccnc(OC)c1. The largest absolute Gasteiger partial charge is 0.481 e. The third-order valence-electron chi connectivity index (χ3n) is 1.57. The number of hydrogen-bond donors (Lipinski definition) is 1. The number of nitrogens with one attached hydrogen (secondary N) is 1. The molecule has 0 aliphatic rings. The molecule has 0 aromatic carbocycles. The molecule has 1 aromatic heterocycles. The van der Waals surface area contributed by atoms with E-state index in [1.807, 2.05) is 0 Å². The molecule has 0 saturated heterocycles. The predicted molar refractivity (Wildman–Crippen MR) is 51.2 cm³/mol. The lowest BCUT2D eigenvalue weighted by Gasteiger charge is -2.05. The average Bonchev–Trinajstić information content (AvgIpc) is 2.29. The standard InChI is InChI=1S/C9H12N2O4/c1-10-15-6-14-9(12)7-3-4-11-8(5-7)13-2/h3-5,10H,6H2,1-2H3. The van der Waals surface area contributed by atoms with Crippen LogP contribution in [0.25, 0.3) is 0 Å². The van der Waals surface area contributed by atoms with Crippen LogP contribution in [0.2, 0.25) is 0 Å². The van der Waals surface area contributed by atoms with Gasteiger partial charge in [-0.2, -0.15) is 0 Å². The summed E-state index contributed by atoms with van der Waals surface area (Å²) in [5, 5.41) is 0. The average molecular weight is 212 g/mol. The normalized spacial score (nSPS) is 9.73. The summed E-state index contributed by atoms with van der Waals surface area (Å²) in [5.41, 5.74) is 2.75. The van der Waals surface area contributed by atoms with Crippen LogP contribution in [-0.4, -0.2) is 31.9 Å². The Labute approximate surface area is 87.1 Å². The first kappa shape index (κ1) is 11.4. The number of methoxy groups -OCH3 is 1. The van der Waals surface area contributed by atoms with Crippen molar-refractivity contribution in [1.29, 1.82) is 0 Å². The van der Waals surface area contributed by atoms with Crippen LogP contribution in [0.1, 0.15) is 10.4 Å². The first-order valence-electron chi connectivity index (χ1n) is 4.23. The van der Waals surface area contributed by atoms with Crippen LogP contribution < -0.4 is 10.2 Å². The quantitative estimate of drug-likeness (QED) is 0.329. The van der Waals surface area contributed by atoms with Gasteiger partial charge < -0.3 is 9.47 Å². The van der Waals surface area contributed by atoms with Crippen LogP contribution >= 0.6 is 0 Å². The van der Waals surface area contributed by atoms with E-state index in [1.54, 1.807) is 7.05 Å². The van der Waals surface area contributed by atoms with Crippen LogP contribution in [0.5, 0.6) is 5.88 Å². The van der Waals surface area contributed by atoms with Crippen molar-refractivity contribution in [2.75, 3.05) is 21.0 Å². The topological polar surface area (TPSA) is 69.7 Å². The molecule has 0 aliphatic carbocycles. The molecule has 0 bridgehead atoms. The van der Waals surface area contributed by atoms with Gasteiger partial charge in [0.2, 0.25) is 12.7 Å². The molecule has 1 rings (SSSR count). The summed E-state index contributed by atoms with van der Waals surface area (Å²) in [6.45, 7) is -0.153. The van der Waals surface area contributed by atoms with Gasteiger partial charge in [0.25, 0.3) is 0 Å². The summed E-state index contributed by atoms with van der Waals surface area (Å²) in [6, 6.07) is 3.02. The Kier molecular flexibility index (Phi) is 4.52. The Bertz CT molecular complexity index is 330. The number of pyridine rings is 1. The highest BCUT2D eigenvalue weighted by Gasteiger charge is 2.08. The Morgan fingerprint density at radius 3 is 3.07 bits per heavy atom. The van der Waals surface area contributed by atoms with Gasteiger partial charge in [-0.1, -0.05) is 0 Å². The fourth-order valence-electron chi connectivity index (χ4n) is 0.873. The molecule has 82 valence electrons. The monoisotopic (exact) mass is 212 g/mol. The lowest BCUT2D eigenvalue weighted by molar-refractivity contribution is -0.0668. The van der Waals surface area contributed by atoms with Gasteiger partial charge >= 0.3 is 5.97 Å². The maximum absolute atomic E-state index is 11.4. The van der Waals surface area contributed by atoms with Crippen molar-refractivity contribution < 1.29 is 19.1 Å². The molecule has 1 heterocycles. The number of carbonyl (C=O) groups excluding carboxylic acids is 1. The molecule has 0 fully saturated rings. The van der Waals surface area contributed by atoms with E-state index in [2.05, 4.69) is 15.3 Å². The van der Waals surface area contributed by atoms with Crippen molar-refractivity contribution in [1.82, 2.24) is 10.5 Å². The molecule has 0 saturated carbocycles. The van der Waals surface area contributed by atoms with E-state index in [9.17, 15) is 4.79 Å². The number of hydroxylamine groups is 1. The molecule has 0 radical (unpaired) electrons. The van der Waals surface area contributed by atoms with Gasteiger partial charge in [0.1, 0.15) is 0 Å². The molecule has 0 atom stereocenters. The van der Waals surface area contributed by atoms with Gasteiger partial charge in [-0.3, -0.25) is 4.84 Å². The van der Waals surface area contributed by atoms with Crippen molar-refractivity contribution in [3.8, 4) is 5.88 Å². The fourth-order valence-corrected chi connectivity index (χ4v) is 0.873. The summed E-state index contributed by atoms with van der Waals surface area (Å²) < 4.78 is 9.63. The highest BCUT2D eigenvalue weighted by molar-refractivity contribution is 5.89. The zero-order chi connectivity index (χ0) is 11.1. The number of carbonyl (C=O) groups is 1. The third kappa shape index (κ3) is 3.53. The molecular weight excluding hydrogens is 200 g/mol. The lowest BCUT2D eigenvalue weighted by Crippen LogP contribution is -2.14. The highest BCUT2D eigenvalue weighted by Crippen LogP contribution is 2.09. The predicted octanol–water partition coefficient (Wildman–Crippen LogP) is 0.355. The van der Waals surface area contributed by atoms with Crippen LogP contribution in [0.4, 0.5) is 0 Å². The van der Waals surface area contributed by atoms with Gasteiger partial charge in [-0.05, 0) is 6.07 Å². The number of ether oxygens (including phenoxy) is 2. The van der Waals surface area contributed by atoms with Crippen molar-refractivity contribution >= 4 is 5.97 Å². The molecule has 1 aromatic rings. The molecule has 6 nitrogen and oxygen atoms in total. The number of rotatable bonds is 5. The Hall–Kier alpha value is -1.66.